The number of imidazole rings is 1. The summed E-state index contributed by atoms with van der Waals surface area (Å²) in [5.74, 6) is -2.23. The van der Waals surface area contributed by atoms with Crippen molar-refractivity contribution in [1.29, 1.82) is 0 Å². The van der Waals surface area contributed by atoms with Gasteiger partial charge in [-0.15, -0.1) is 0 Å². The minimum Gasteiger partial charge on any atom is -0.477 e. The van der Waals surface area contributed by atoms with Gasteiger partial charge in [-0.05, 0) is 43.4 Å². The van der Waals surface area contributed by atoms with Crippen molar-refractivity contribution in [2.45, 2.75) is 38.3 Å². The monoisotopic (exact) mass is 831 g/mol. The van der Waals surface area contributed by atoms with Gasteiger partial charge in [-0.25, -0.2) is 9.78 Å². The first-order valence-corrected chi connectivity index (χ1v) is 19.1. The number of H-pyrrole nitrogens is 2. The molecule has 21 heteroatoms. The quantitative estimate of drug-likeness (QED) is 0.0718. The van der Waals surface area contributed by atoms with Crippen LogP contribution in [0.2, 0.25) is 5.02 Å². The Morgan fingerprint density at radius 1 is 0.931 bits per heavy atom. The van der Waals surface area contributed by atoms with Crippen LogP contribution in [0.1, 0.15) is 63.6 Å². The predicted octanol–water partition coefficient (Wildman–Crippen LogP) is 2.96. The average molecular weight is 832 g/mol. The topological polar surface area (TPSA) is 255 Å². The van der Waals surface area contributed by atoms with E-state index in [9.17, 15) is 37.5 Å². The van der Waals surface area contributed by atoms with Crippen LogP contribution in [0.25, 0.3) is 11.4 Å². The third-order valence-electron chi connectivity index (χ3n) is 9.93. The summed E-state index contributed by atoms with van der Waals surface area (Å²) in [6.45, 7) is 3.68. The fraction of sp³-hybridized carbons (Fsp3) is 0.432. The van der Waals surface area contributed by atoms with Gasteiger partial charge in [0, 0.05) is 81.4 Å². The Bertz CT molecular complexity index is 2060. The highest BCUT2D eigenvalue weighted by Crippen LogP contribution is 2.36. The number of anilines is 2. The minimum absolute atomic E-state index is 0.0336. The number of alkyl halides is 3. The number of halogens is 4. The number of piperazine rings is 1. The summed E-state index contributed by atoms with van der Waals surface area (Å²) in [6.07, 6.45) is -0.445. The highest BCUT2D eigenvalue weighted by molar-refractivity contribution is 6.34. The Morgan fingerprint density at radius 2 is 1.60 bits per heavy atom. The van der Waals surface area contributed by atoms with Gasteiger partial charge in [0.05, 0.1) is 47.8 Å². The molecule has 0 radical (unpaired) electrons. The molecule has 4 aromatic rings. The van der Waals surface area contributed by atoms with Crippen LogP contribution in [-0.2, 0) is 22.2 Å². The fourth-order valence-electron chi connectivity index (χ4n) is 7.01. The number of quaternary nitrogens is 1. The van der Waals surface area contributed by atoms with E-state index in [-0.39, 0.29) is 89.0 Å². The van der Waals surface area contributed by atoms with Crippen LogP contribution in [-0.4, -0.2) is 134 Å². The van der Waals surface area contributed by atoms with Crippen LogP contribution in [0.3, 0.4) is 0 Å². The van der Waals surface area contributed by atoms with Gasteiger partial charge in [0.15, 0.2) is 12.4 Å². The van der Waals surface area contributed by atoms with Gasteiger partial charge < -0.3 is 46.9 Å². The zero-order chi connectivity index (χ0) is 42.0. The van der Waals surface area contributed by atoms with Gasteiger partial charge in [0.25, 0.3) is 11.8 Å². The Hall–Kier alpha value is -5.57. The number of aromatic amines is 2. The van der Waals surface area contributed by atoms with Crippen molar-refractivity contribution < 1.29 is 41.9 Å². The Balaban J connectivity index is 1.15. The molecule has 10 N–H and O–H groups in total. The van der Waals surface area contributed by atoms with Crippen LogP contribution >= 0.6 is 11.6 Å². The summed E-state index contributed by atoms with van der Waals surface area (Å²) in [6, 6.07) is 7.29. The highest BCUT2D eigenvalue weighted by Gasteiger charge is 2.38. The number of rotatable bonds is 18. The maximum Gasteiger partial charge on any atom is 0.433 e. The number of hydrogen-bond acceptors (Lipinski definition) is 10. The number of nitrogen functional groups attached to an aromatic ring is 1. The lowest BCUT2D eigenvalue weighted by molar-refractivity contribution is -0.921. The van der Waals surface area contributed by atoms with Gasteiger partial charge in [0.1, 0.15) is 11.4 Å². The summed E-state index contributed by atoms with van der Waals surface area (Å²) in [5.41, 5.74) is 16.9. The predicted molar refractivity (Wildman–Crippen MR) is 208 cm³/mol. The number of aliphatic carboxylic acids is 1. The molecule has 0 bridgehead atoms. The highest BCUT2D eigenvalue weighted by atomic mass is 35.5. The zero-order valence-electron chi connectivity index (χ0n) is 31.7. The molecule has 0 atom stereocenters. The standard InChI is InChI=1S/C37H46ClF3N12O5/c38-28-19-24(48-35(57)34-46-21-25(47-34)18-27-32(29-8-5-23(44)20-45-29)49-50-33(27)37(39,40)41)6-7-26(28)36(58)52-13-11-51(12-14-52)30(54)4-1-15-53(16-2-9-42,17-3-10-43)22-31(55)56/h5-8,19-21H,1-4,9-18,22,42-43H2,(H5-,44,45,46,47,48,49,50,55,56,57,58)/p+1. The van der Waals surface area contributed by atoms with Gasteiger partial charge >= 0.3 is 12.1 Å². The number of nitrogens with two attached hydrogens (primary N) is 3. The molecule has 58 heavy (non-hydrogen) atoms. The molecule has 4 heterocycles. The summed E-state index contributed by atoms with van der Waals surface area (Å²) >= 11 is 6.50. The lowest BCUT2D eigenvalue weighted by Crippen LogP contribution is -2.54. The molecule has 5 rings (SSSR count). The SMILES string of the molecule is NCCC[N+](CCCN)(CCCC(=O)N1CCN(C(=O)c2ccc(NC(=O)c3ncc(Cc4c(-c5ccc(N)cn5)n[nH]c4C(F)(F)F)[nH]3)cc2Cl)CC1)CC(=O)O. The minimum atomic E-state index is -4.74. The van der Waals surface area contributed by atoms with Crippen molar-refractivity contribution in [1.82, 2.24) is 34.9 Å². The molecular formula is C37H47ClF3N12O5+. The first-order chi connectivity index (χ1) is 27.6. The van der Waals surface area contributed by atoms with E-state index < -0.39 is 23.7 Å². The molecule has 0 saturated carbocycles. The number of nitrogens with zero attached hydrogens (tertiary/aromatic N) is 6. The molecule has 1 aliphatic heterocycles. The fourth-order valence-corrected chi connectivity index (χ4v) is 7.27. The van der Waals surface area contributed by atoms with E-state index in [1.807, 2.05) is 5.10 Å². The number of hydrogen-bond donors (Lipinski definition) is 7. The van der Waals surface area contributed by atoms with Crippen LogP contribution in [0.15, 0.2) is 42.7 Å². The van der Waals surface area contributed by atoms with Crippen LogP contribution < -0.4 is 22.5 Å². The van der Waals surface area contributed by atoms with Crippen molar-refractivity contribution >= 4 is 46.7 Å². The number of carbonyl (C=O) groups excluding carboxylic acids is 3. The lowest BCUT2D eigenvalue weighted by Gasteiger charge is -2.38. The molecule has 1 aliphatic rings. The van der Waals surface area contributed by atoms with E-state index in [1.54, 1.807) is 9.80 Å². The molecule has 1 fully saturated rings. The van der Waals surface area contributed by atoms with Crippen molar-refractivity contribution in [3.05, 3.63) is 76.1 Å². The van der Waals surface area contributed by atoms with E-state index in [2.05, 4.69) is 25.4 Å². The summed E-state index contributed by atoms with van der Waals surface area (Å²) in [4.78, 5) is 65.4. The Kier molecular flexibility index (Phi) is 14.5. The van der Waals surface area contributed by atoms with Gasteiger partial charge in [0.2, 0.25) is 5.91 Å². The molecule has 0 unspecified atom stereocenters. The van der Waals surface area contributed by atoms with Crippen LogP contribution in [0.5, 0.6) is 0 Å². The molecular weight excluding hydrogens is 785 g/mol. The van der Waals surface area contributed by atoms with Crippen LogP contribution in [0.4, 0.5) is 24.5 Å². The normalized spacial score (nSPS) is 13.5. The van der Waals surface area contributed by atoms with Crippen molar-refractivity contribution in [3.63, 3.8) is 0 Å². The van der Waals surface area contributed by atoms with Gasteiger partial charge in [-0.2, -0.15) is 18.3 Å². The van der Waals surface area contributed by atoms with Crippen molar-refractivity contribution in [2.24, 2.45) is 11.5 Å². The van der Waals surface area contributed by atoms with E-state index in [1.165, 1.54) is 42.7 Å². The number of nitrogens with one attached hydrogen (secondary N) is 3. The summed E-state index contributed by atoms with van der Waals surface area (Å²) in [5, 5.41) is 18.1. The molecule has 0 spiro atoms. The second kappa shape index (κ2) is 19.2. The molecule has 0 aliphatic carbocycles. The first-order valence-electron chi connectivity index (χ1n) is 18.7. The number of carboxylic acid groups (broad SMARTS) is 1. The van der Waals surface area contributed by atoms with Crippen molar-refractivity contribution in [2.75, 3.05) is 76.5 Å². The maximum atomic E-state index is 13.9. The molecule has 1 aromatic carbocycles. The lowest BCUT2D eigenvalue weighted by atomic mass is 10.0. The number of aromatic nitrogens is 5. The number of carboxylic acids is 1. The third kappa shape index (κ3) is 11.1. The van der Waals surface area contributed by atoms with E-state index >= 15 is 0 Å². The smallest absolute Gasteiger partial charge is 0.433 e. The number of carbonyl (C=O) groups is 4. The zero-order valence-corrected chi connectivity index (χ0v) is 32.4. The van der Waals surface area contributed by atoms with Gasteiger partial charge in [-0.3, -0.25) is 24.5 Å². The Morgan fingerprint density at radius 3 is 2.21 bits per heavy atom. The number of benzene rings is 1. The number of pyridine rings is 1. The molecule has 312 valence electrons. The third-order valence-corrected chi connectivity index (χ3v) is 10.2. The average Bonchev–Trinajstić information content (AvgIpc) is 3.84. The van der Waals surface area contributed by atoms with E-state index in [0.29, 0.717) is 75.2 Å². The Labute approximate surface area is 336 Å². The van der Waals surface area contributed by atoms with Gasteiger partial charge in [-0.1, -0.05) is 11.6 Å². The largest absolute Gasteiger partial charge is 0.477 e. The van der Waals surface area contributed by atoms with Crippen molar-refractivity contribution in [3.8, 4) is 11.4 Å². The maximum absolute atomic E-state index is 13.9. The first kappa shape index (κ1) is 43.6. The summed E-state index contributed by atoms with van der Waals surface area (Å²) in [7, 11) is 0. The molecule has 3 aromatic heterocycles. The second-order valence-electron chi connectivity index (χ2n) is 14.1. The van der Waals surface area contributed by atoms with E-state index in [4.69, 9.17) is 28.8 Å². The molecule has 1 saturated heterocycles. The molecule has 17 nitrogen and oxygen atoms in total. The van der Waals surface area contributed by atoms with Crippen LogP contribution in [0, 0.1) is 0 Å². The second-order valence-corrected chi connectivity index (χ2v) is 14.5. The summed E-state index contributed by atoms with van der Waals surface area (Å²) < 4.78 is 41.9. The molecule has 3 amide bonds. The van der Waals surface area contributed by atoms with E-state index in [0.717, 1.165) is 0 Å². The number of amides is 3.